The van der Waals surface area contributed by atoms with Crippen molar-refractivity contribution in [3.05, 3.63) is 76.0 Å². The Balaban J connectivity index is 1.96. The van der Waals surface area contributed by atoms with Crippen molar-refractivity contribution >= 4 is 17.4 Å². The van der Waals surface area contributed by atoms with Crippen LogP contribution in [0.3, 0.4) is 0 Å². The Bertz CT molecular complexity index is 1120. The maximum Gasteiger partial charge on any atom is 0.416 e. The maximum atomic E-state index is 13.8. The van der Waals surface area contributed by atoms with Crippen LogP contribution in [-0.4, -0.2) is 11.7 Å². The van der Waals surface area contributed by atoms with Gasteiger partial charge in [-0.05, 0) is 60.6 Å². The maximum absolute atomic E-state index is 13.8. The van der Waals surface area contributed by atoms with Crippen LogP contribution >= 0.6 is 0 Å². The summed E-state index contributed by atoms with van der Waals surface area (Å²) in [7, 11) is 0. The Hall–Kier alpha value is -2.89. The zero-order chi connectivity index (χ0) is 23.4. The average Bonchev–Trinajstić information content (AvgIpc) is 2.64. The normalized spacial score (nSPS) is 21.1. The molecule has 2 aromatic carbocycles. The van der Waals surface area contributed by atoms with Crippen molar-refractivity contribution in [3.63, 3.8) is 0 Å². The summed E-state index contributed by atoms with van der Waals surface area (Å²) in [5.41, 5.74) is 2.30. The van der Waals surface area contributed by atoms with Gasteiger partial charge in [-0.2, -0.15) is 13.2 Å². The van der Waals surface area contributed by atoms with Crippen molar-refractivity contribution in [2.75, 3.05) is 4.90 Å². The van der Waals surface area contributed by atoms with Gasteiger partial charge in [-0.25, -0.2) is 0 Å². The second-order valence-electron chi connectivity index (χ2n) is 9.72. The first-order chi connectivity index (χ1) is 14.9. The average molecular weight is 441 g/mol. The highest BCUT2D eigenvalue weighted by Gasteiger charge is 2.46. The monoisotopic (exact) mass is 441 g/mol. The number of Topliss-reactive ketones (excluding diaryl/α,β-unsaturated/α-hetero) is 1. The molecule has 1 aliphatic carbocycles. The lowest BCUT2D eigenvalue weighted by Crippen LogP contribution is -2.44. The van der Waals surface area contributed by atoms with E-state index in [0.717, 1.165) is 17.2 Å². The number of benzene rings is 2. The minimum Gasteiger partial charge on any atom is -0.294 e. The molecule has 32 heavy (non-hydrogen) atoms. The lowest BCUT2D eigenvalue weighted by molar-refractivity contribution is -0.138. The van der Waals surface area contributed by atoms with Crippen molar-refractivity contribution < 1.29 is 22.8 Å². The van der Waals surface area contributed by atoms with Crippen LogP contribution in [0.2, 0.25) is 0 Å². The number of carbonyl (C=O) groups excluding carboxylic acids is 2. The van der Waals surface area contributed by atoms with E-state index in [1.807, 2.05) is 45.9 Å². The van der Waals surface area contributed by atoms with Gasteiger partial charge in [0.2, 0.25) is 5.91 Å². The van der Waals surface area contributed by atoms with E-state index < -0.39 is 23.1 Å². The van der Waals surface area contributed by atoms with Crippen LogP contribution in [0.5, 0.6) is 0 Å². The topological polar surface area (TPSA) is 37.4 Å². The molecule has 3 nitrogen and oxygen atoms in total. The molecule has 1 aliphatic heterocycles. The van der Waals surface area contributed by atoms with Gasteiger partial charge >= 0.3 is 6.18 Å². The van der Waals surface area contributed by atoms with Crippen LogP contribution in [0.4, 0.5) is 18.9 Å². The predicted molar refractivity (Wildman–Crippen MR) is 117 cm³/mol. The fraction of sp³-hybridized carbons (Fsp3) is 0.385. The van der Waals surface area contributed by atoms with E-state index in [-0.39, 0.29) is 30.1 Å². The molecule has 4 rings (SSSR count). The second-order valence-corrected chi connectivity index (χ2v) is 9.72. The number of nitrogens with zero attached hydrogens (tertiary/aromatic N) is 1. The highest BCUT2D eigenvalue weighted by Crippen LogP contribution is 2.50. The summed E-state index contributed by atoms with van der Waals surface area (Å²) in [5, 5.41) is 0. The van der Waals surface area contributed by atoms with Crippen molar-refractivity contribution in [1.29, 1.82) is 0 Å². The number of ketones is 1. The highest BCUT2D eigenvalue weighted by atomic mass is 19.4. The molecule has 0 bridgehead atoms. The molecule has 1 amide bonds. The van der Waals surface area contributed by atoms with E-state index in [1.54, 1.807) is 4.90 Å². The molecule has 0 N–H and O–H groups in total. The number of halogens is 3. The number of alkyl halides is 3. The van der Waals surface area contributed by atoms with Gasteiger partial charge in [-0.3, -0.25) is 14.5 Å². The minimum atomic E-state index is -4.57. The molecule has 0 saturated heterocycles. The molecule has 1 unspecified atom stereocenters. The van der Waals surface area contributed by atoms with E-state index in [9.17, 15) is 22.8 Å². The number of rotatable bonds is 2. The van der Waals surface area contributed by atoms with Crippen LogP contribution in [0, 0.1) is 19.3 Å². The van der Waals surface area contributed by atoms with Gasteiger partial charge in [0.25, 0.3) is 0 Å². The Morgan fingerprint density at radius 3 is 2.22 bits per heavy atom. The van der Waals surface area contributed by atoms with Crippen molar-refractivity contribution in [1.82, 2.24) is 0 Å². The van der Waals surface area contributed by atoms with Gasteiger partial charge in [0, 0.05) is 35.7 Å². The Morgan fingerprint density at radius 2 is 1.59 bits per heavy atom. The molecule has 6 heteroatoms. The first-order valence-corrected chi connectivity index (χ1v) is 10.7. The van der Waals surface area contributed by atoms with Crippen molar-refractivity contribution in [3.8, 4) is 0 Å². The lowest BCUT2D eigenvalue weighted by atomic mass is 9.68. The summed E-state index contributed by atoms with van der Waals surface area (Å²) in [6.07, 6.45) is -4.06. The molecule has 2 aliphatic rings. The van der Waals surface area contributed by atoms with E-state index in [2.05, 4.69) is 0 Å². The van der Waals surface area contributed by atoms with Gasteiger partial charge in [-0.15, -0.1) is 0 Å². The standard InChI is InChI=1S/C26H26F3NO2/c1-15-9-16(2)11-17(10-15)30-21-13-25(3,4)14-22(31)24(21)19(12-23(30)32)18-7-5-6-8-20(18)26(27,28)29/h5-11,19H,12-14H2,1-4H3. The van der Waals surface area contributed by atoms with Gasteiger partial charge in [0.05, 0.1) is 5.56 Å². The molecule has 1 atom stereocenters. The summed E-state index contributed by atoms with van der Waals surface area (Å²) < 4.78 is 41.3. The van der Waals surface area contributed by atoms with Crippen LogP contribution in [-0.2, 0) is 15.8 Å². The van der Waals surface area contributed by atoms with E-state index in [1.165, 1.54) is 18.2 Å². The number of hydrogen-bond acceptors (Lipinski definition) is 2. The smallest absolute Gasteiger partial charge is 0.294 e. The SMILES string of the molecule is Cc1cc(C)cc(N2C(=O)CC(c3ccccc3C(F)(F)F)C3=C2CC(C)(C)CC3=O)c1. The second kappa shape index (κ2) is 7.61. The number of hydrogen-bond donors (Lipinski definition) is 0. The lowest BCUT2D eigenvalue weighted by Gasteiger charge is -2.43. The third kappa shape index (κ3) is 3.98. The molecule has 0 saturated carbocycles. The van der Waals surface area contributed by atoms with Crippen LogP contribution in [0.15, 0.2) is 53.7 Å². The predicted octanol–water partition coefficient (Wildman–Crippen LogP) is 6.49. The Morgan fingerprint density at radius 1 is 0.969 bits per heavy atom. The summed E-state index contributed by atoms with van der Waals surface area (Å²) in [5.74, 6) is -1.37. The molecule has 0 spiro atoms. The number of allylic oxidation sites excluding steroid dienone is 2. The summed E-state index contributed by atoms with van der Waals surface area (Å²) in [6.45, 7) is 7.76. The fourth-order valence-corrected chi connectivity index (χ4v) is 5.12. The minimum absolute atomic E-state index is 0.00558. The van der Waals surface area contributed by atoms with Crippen LogP contribution in [0.1, 0.15) is 61.3 Å². The summed E-state index contributed by atoms with van der Waals surface area (Å²) in [4.78, 5) is 28.3. The highest BCUT2D eigenvalue weighted by molar-refractivity contribution is 6.08. The largest absolute Gasteiger partial charge is 0.416 e. The van der Waals surface area contributed by atoms with Crippen LogP contribution < -0.4 is 4.90 Å². The zero-order valence-electron chi connectivity index (χ0n) is 18.6. The molecular weight excluding hydrogens is 415 g/mol. The quantitative estimate of drug-likeness (QED) is 0.534. The van der Waals surface area contributed by atoms with Gasteiger partial charge < -0.3 is 0 Å². The molecule has 0 aromatic heterocycles. The molecule has 0 fully saturated rings. The zero-order valence-corrected chi connectivity index (χ0v) is 18.6. The molecule has 0 radical (unpaired) electrons. The third-order valence-corrected chi connectivity index (χ3v) is 6.25. The third-order valence-electron chi connectivity index (χ3n) is 6.25. The number of anilines is 1. The van der Waals surface area contributed by atoms with Gasteiger partial charge in [-0.1, -0.05) is 38.1 Å². The fourth-order valence-electron chi connectivity index (χ4n) is 5.12. The Kier molecular flexibility index (Phi) is 5.30. The molecule has 2 aromatic rings. The first kappa shape index (κ1) is 22.3. The van der Waals surface area contributed by atoms with Crippen molar-refractivity contribution in [2.45, 2.75) is 59.1 Å². The molecular formula is C26H26F3NO2. The summed E-state index contributed by atoms with van der Waals surface area (Å²) >= 11 is 0. The molecule has 168 valence electrons. The number of carbonyl (C=O) groups is 2. The number of amides is 1. The van der Waals surface area contributed by atoms with E-state index in [0.29, 0.717) is 23.4 Å². The van der Waals surface area contributed by atoms with Gasteiger partial charge in [0.1, 0.15) is 0 Å². The Labute approximate surface area is 185 Å². The van der Waals surface area contributed by atoms with Crippen LogP contribution in [0.25, 0.3) is 0 Å². The number of aryl methyl sites for hydroxylation is 2. The molecule has 1 heterocycles. The summed E-state index contributed by atoms with van der Waals surface area (Å²) in [6, 6.07) is 11.0. The van der Waals surface area contributed by atoms with E-state index in [4.69, 9.17) is 0 Å². The van der Waals surface area contributed by atoms with E-state index >= 15 is 0 Å². The first-order valence-electron chi connectivity index (χ1n) is 10.7. The van der Waals surface area contributed by atoms with Gasteiger partial charge in [0.15, 0.2) is 5.78 Å². The van der Waals surface area contributed by atoms with Crippen molar-refractivity contribution in [2.24, 2.45) is 5.41 Å².